The number of aryl methyl sites for hydroxylation is 1. The van der Waals surface area contributed by atoms with Gasteiger partial charge in [-0.3, -0.25) is 9.78 Å². The second-order valence-electron chi connectivity index (χ2n) is 4.16. The average Bonchev–Trinajstić information content (AvgIpc) is 2.20. The van der Waals surface area contributed by atoms with Gasteiger partial charge in [0.25, 0.3) is 0 Å². The summed E-state index contributed by atoms with van der Waals surface area (Å²) in [4.78, 5) is 15.4. The lowest BCUT2D eigenvalue weighted by molar-refractivity contribution is -0.120. The second-order valence-corrected chi connectivity index (χ2v) is 5.33. The molecule has 2 nitrogen and oxygen atoms in total. The lowest BCUT2D eigenvalue weighted by atomic mass is 9.82. The Bertz CT molecular complexity index is 359. The van der Waals surface area contributed by atoms with Crippen LogP contribution in [0, 0.1) is 10.5 Å². The maximum absolute atomic E-state index is 11.2. The van der Waals surface area contributed by atoms with Crippen LogP contribution in [0.4, 0.5) is 0 Å². The number of pyridine rings is 1. The van der Waals surface area contributed by atoms with Crippen LogP contribution < -0.4 is 0 Å². The Kier molecular flexibility index (Phi) is 3.38. The van der Waals surface area contributed by atoms with Crippen molar-refractivity contribution in [1.29, 1.82) is 0 Å². The molecule has 80 valence electrons. The molecule has 1 fully saturated rings. The highest BCUT2D eigenvalue weighted by Crippen LogP contribution is 2.35. The Morgan fingerprint density at radius 3 is 2.60 bits per heavy atom. The van der Waals surface area contributed by atoms with Gasteiger partial charge in [-0.15, -0.1) is 0 Å². The molecule has 0 saturated heterocycles. The summed E-state index contributed by atoms with van der Waals surface area (Å²) in [5, 5.41) is 0. The number of aromatic nitrogens is 1. The predicted molar refractivity (Wildman–Crippen MR) is 67.9 cm³/mol. The van der Waals surface area contributed by atoms with Crippen LogP contribution in [0.1, 0.15) is 42.7 Å². The van der Waals surface area contributed by atoms with Crippen molar-refractivity contribution in [2.45, 2.75) is 38.5 Å². The number of hydrogen-bond acceptors (Lipinski definition) is 2. The van der Waals surface area contributed by atoms with Crippen molar-refractivity contribution in [1.82, 2.24) is 4.98 Å². The van der Waals surface area contributed by atoms with E-state index >= 15 is 0 Å². The fraction of sp³-hybridized carbons (Fsp3) is 0.500. The first-order valence-corrected chi connectivity index (χ1v) is 6.38. The fourth-order valence-electron chi connectivity index (χ4n) is 2.29. The predicted octanol–water partition coefficient (Wildman–Crippen LogP) is 3.22. The quantitative estimate of drug-likeness (QED) is 0.745. The summed E-state index contributed by atoms with van der Waals surface area (Å²) in [5.41, 5.74) is 2.68. The number of halogens is 1. The van der Waals surface area contributed by atoms with Gasteiger partial charge in [0.15, 0.2) is 0 Å². The average molecular weight is 315 g/mol. The Hall–Kier alpha value is -0.450. The largest absolute Gasteiger partial charge is 0.300 e. The first-order valence-electron chi connectivity index (χ1n) is 5.30. The molecular formula is C12H14INO. The smallest absolute Gasteiger partial charge is 0.132 e. The Morgan fingerprint density at radius 2 is 2.00 bits per heavy atom. The molecule has 0 N–H and O–H groups in total. The van der Waals surface area contributed by atoms with Crippen molar-refractivity contribution in [3.05, 3.63) is 27.1 Å². The third-order valence-corrected chi connectivity index (χ3v) is 3.95. The summed E-state index contributed by atoms with van der Waals surface area (Å²) < 4.78 is 1.24. The Balaban J connectivity index is 2.26. The molecule has 0 radical (unpaired) electrons. The van der Waals surface area contributed by atoms with Crippen molar-refractivity contribution in [2.24, 2.45) is 0 Å². The van der Waals surface area contributed by atoms with Gasteiger partial charge in [0.1, 0.15) is 5.78 Å². The molecule has 2 rings (SSSR count). The molecule has 1 aliphatic rings. The van der Waals surface area contributed by atoms with E-state index in [0.717, 1.165) is 25.7 Å². The lowest BCUT2D eigenvalue weighted by Crippen LogP contribution is -2.14. The normalized spacial score (nSPS) is 18.1. The zero-order valence-electron chi connectivity index (χ0n) is 8.79. The summed E-state index contributed by atoms with van der Waals surface area (Å²) in [6, 6.07) is 0. The standard InChI is InChI=1S/C12H14INO/c1-8-6-14-7-11(13)12(8)9-2-4-10(15)5-3-9/h6-7,9H,2-5H2,1H3. The molecule has 15 heavy (non-hydrogen) atoms. The van der Waals surface area contributed by atoms with Gasteiger partial charge < -0.3 is 0 Å². The zero-order valence-corrected chi connectivity index (χ0v) is 11.0. The molecule has 0 unspecified atom stereocenters. The van der Waals surface area contributed by atoms with E-state index in [4.69, 9.17) is 0 Å². The van der Waals surface area contributed by atoms with Crippen molar-refractivity contribution in [3.8, 4) is 0 Å². The molecule has 1 aromatic heterocycles. The number of carbonyl (C=O) groups excluding carboxylic acids is 1. The first-order chi connectivity index (χ1) is 7.18. The highest BCUT2D eigenvalue weighted by molar-refractivity contribution is 14.1. The van der Waals surface area contributed by atoms with Crippen molar-refractivity contribution < 1.29 is 4.79 Å². The third-order valence-electron chi connectivity index (χ3n) is 3.09. The van der Waals surface area contributed by atoms with Crippen molar-refractivity contribution in [3.63, 3.8) is 0 Å². The summed E-state index contributed by atoms with van der Waals surface area (Å²) in [7, 11) is 0. The van der Waals surface area contributed by atoms with Gasteiger partial charge in [0.05, 0.1) is 0 Å². The summed E-state index contributed by atoms with van der Waals surface area (Å²) in [6.07, 6.45) is 7.37. The van der Waals surface area contributed by atoms with Crippen LogP contribution in [0.3, 0.4) is 0 Å². The molecule has 3 heteroatoms. The van der Waals surface area contributed by atoms with E-state index in [9.17, 15) is 4.79 Å². The fourth-order valence-corrected chi connectivity index (χ4v) is 3.31. The topological polar surface area (TPSA) is 30.0 Å². The minimum Gasteiger partial charge on any atom is -0.300 e. The SMILES string of the molecule is Cc1cncc(I)c1C1CCC(=O)CC1. The van der Waals surface area contributed by atoms with E-state index in [1.54, 1.807) is 0 Å². The second kappa shape index (κ2) is 4.60. The number of carbonyl (C=O) groups is 1. The van der Waals surface area contributed by atoms with E-state index in [-0.39, 0.29) is 0 Å². The van der Waals surface area contributed by atoms with Gasteiger partial charge in [-0.1, -0.05) is 0 Å². The monoisotopic (exact) mass is 315 g/mol. The van der Waals surface area contributed by atoms with Gasteiger partial charge in [0, 0.05) is 28.8 Å². The van der Waals surface area contributed by atoms with Crippen LogP contribution in [-0.2, 0) is 4.79 Å². The van der Waals surface area contributed by atoms with Crippen molar-refractivity contribution >= 4 is 28.4 Å². The molecule has 0 aliphatic heterocycles. The van der Waals surface area contributed by atoms with Crippen LogP contribution in [-0.4, -0.2) is 10.8 Å². The molecule has 1 aliphatic carbocycles. The number of nitrogens with zero attached hydrogens (tertiary/aromatic N) is 1. The summed E-state index contributed by atoms with van der Waals surface area (Å²) in [6.45, 7) is 2.11. The van der Waals surface area contributed by atoms with Gasteiger partial charge >= 0.3 is 0 Å². The molecule has 0 spiro atoms. The third kappa shape index (κ3) is 2.38. The van der Waals surface area contributed by atoms with Crippen LogP contribution in [0.25, 0.3) is 0 Å². The minimum absolute atomic E-state index is 0.424. The van der Waals surface area contributed by atoms with E-state index in [1.165, 1.54) is 14.7 Å². The highest BCUT2D eigenvalue weighted by atomic mass is 127. The molecule has 0 bridgehead atoms. The molecule has 1 heterocycles. The van der Waals surface area contributed by atoms with Crippen LogP contribution in [0.2, 0.25) is 0 Å². The molecule has 0 amide bonds. The van der Waals surface area contributed by atoms with Crippen LogP contribution in [0.5, 0.6) is 0 Å². The molecule has 1 saturated carbocycles. The van der Waals surface area contributed by atoms with Crippen molar-refractivity contribution in [2.75, 3.05) is 0 Å². The Labute approximate surface area is 104 Å². The van der Waals surface area contributed by atoms with E-state index in [2.05, 4.69) is 34.5 Å². The number of Topliss-reactive ketones (excluding diaryl/α,β-unsaturated/α-hetero) is 1. The maximum Gasteiger partial charge on any atom is 0.132 e. The molecule has 0 aromatic carbocycles. The number of rotatable bonds is 1. The van der Waals surface area contributed by atoms with Gasteiger partial charge in [-0.2, -0.15) is 0 Å². The Morgan fingerprint density at radius 1 is 1.33 bits per heavy atom. The highest BCUT2D eigenvalue weighted by Gasteiger charge is 2.23. The lowest BCUT2D eigenvalue weighted by Gasteiger charge is -2.23. The van der Waals surface area contributed by atoms with E-state index in [1.807, 2.05) is 12.4 Å². The minimum atomic E-state index is 0.424. The summed E-state index contributed by atoms with van der Waals surface area (Å²) >= 11 is 2.35. The number of hydrogen-bond donors (Lipinski definition) is 0. The first kappa shape index (κ1) is 11.0. The zero-order chi connectivity index (χ0) is 10.8. The van der Waals surface area contributed by atoms with E-state index < -0.39 is 0 Å². The molecular weight excluding hydrogens is 301 g/mol. The van der Waals surface area contributed by atoms with Crippen LogP contribution in [0.15, 0.2) is 12.4 Å². The molecule has 1 aromatic rings. The van der Waals surface area contributed by atoms with Gasteiger partial charge in [-0.05, 0) is 59.4 Å². The summed E-state index contributed by atoms with van der Waals surface area (Å²) in [5.74, 6) is 0.991. The van der Waals surface area contributed by atoms with Gasteiger partial charge in [-0.25, -0.2) is 0 Å². The number of ketones is 1. The van der Waals surface area contributed by atoms with Gasteiger partial charge in [0.2, 0.25) is 0 Å². The maximum atomic E-state index is 11.2. The van der Waals surface area contributed by atoms with E-state index in [0.29, 0.717) is 11.7 Å². The van der Waals surface area contributed by atoms with Crippen LogP contribution >= 0.6 is 22.6 Å². The molecule has 0 atom stereocenters.